The van der Waals surface area contributed by atoms with Gasteiger partial charge in [0.15, 0.2) is 0 Å². The second-order valence-electron chi connectivity index (χ2n) is 5.22. The molecule has 6 nitrogen and oxygen atoms in total. The Morgan fingerprint density at radius 2 is 1.70 bits per heavy atom. The third-order valence-electron chi connectivity index (χ3n) is 3.51. The Kier molecular flexibility index (Phi) is 7.94. The molecule has 128 valence electrons. The minimum atomic E-state index is -0.221. The van der Waals surface area contributed by atoms with Crippen LogP contribution in [0.4, 0.5) is 0 Å². The zero-order valence-electron chi connectivity index (χ0n) is 14.3. The van der Waals surface area contributed by atoms with Crippen molar-refractivity contribution in [2.24, 2.45) is 0 Å². The number of carbonyl (C=O) groups excluding carboxylic acids is 2. The summed E-state index contributed by atoms with van der Waals surface area (Å²) in [6.07, 6.45) is 1.99. The van der Waals surface area contributed by atoms with Crippen molar-refractivity contribution < 1.29 is 19.1 Å². The number of nitrogens with zero attached hydrogens (tertiary/aromatic N) is 1. The van der Waals surface area contributed by atoms with E-state index in [0.29, 0.717) is 36.7 Å². The van der Waals surface area contributed by atoms with Crippen molar-refractivity contribution in [2.75, 3.05) is 33.9 Å². The lowest BCUT2D eigenvalue weighted by Crippen LogP contribution is -2.38. The van der Waals surface area contributed by atoms with Crippen LogP contribution in [0.5, 0.6) is 11.5 Å². The molecular formula is C17H26N2O4. The molecule has 23 heavy (non-hydrogen) atoms. The van der Waals surface area contributed by atoms with Crippen LogP contribution < -0.4 is 14.8 Å². The van der Waals surface area contributed by atoms with E-state index in [-0.39, 0.29) is 11.8 Å². The second-order valence-corrected chi connectivity index (χ2v) is 5.22. The van der Waals surface area contributed by atoms with Crippen molar-refractivity contribution in [3.63, 3.8) is 0 Å². The van der Waals surface area contributed by atoms with Crippen molar-refractivity contribution >= 4 is 11.8 Å². The van der Waals surface area contributed by atoms with Crippen molar-refractivity contribution in [2.45, 2.75) is 26.7 Å². The number of nitrogens with one attached hydrogen (secondary N) is 1. The first-order chi connectivity index (χ1) is 11.0. The Balaban J connectivity index is 2.60. The van der Waals surface area contributed by atoms with Gasteiger partial charge < -0.3 is 19.7 Å². The van der Waals surface area contributed by atoms with E-state index in [9.17, 15) is 9.59 Å². The summed E-state index contributed by atoms with van der Waals surface area (Å²) < 4.78 is 10.3. The summed E-state index contributed by atoms with van der Waals surface area (Å²) in [6, 6.07) is 5.01. The quantitative estimate of drug-likeness (QED) is 0.756. The highest BCUT2D eigenvalue weighted by atomic mass is 16.5. The summed E-state index contributed by atoms with van der Waals surface area (Å²) in [6.45, 7) is 5.25. The molecule has 1 N–H and O–H groups in total. The Bertz CT molecular complexity index is 509. The number of amides is 2. The van der Waals surface area contributed by atoms with Crippen LogP contribution in [-0.2, 0) is 4.79 Å². The number of hydrogen-bond donors (Lipinski definition) is 1. The van der Waals surface area contributed by atoms with Crippen LogP contribution in [0, 0.1) is 0 Å². The normalized spacial score (nSPS) is 10.1. The average Bonchev–Trinajstić information content (AvgIpc) is 2.56. The minimum absolute atomic E-state index is 0.0238. The van der Waals surface area contributed by atoms with Crippen molar-refractivity contribution in [3.8, 4) is 11.5 Å². The Hall–Kier alpha value is -2.24. The fraction of sp³-hybridized carbons (Fsp3) is 0.529. The van der Waals surface area contributed by atoms with E-state index in [1.54, 1.807) is 30.0 Å². The first-order valence-electron chi connectivity index (χ1n) is 7.78. The lowest BCUT2D eigenvalue weighted by Gasteiger charge is -2.21. The Morgan fingerprint density at radius 1 is 1.09 bits per heavy atom. The first kappa shape index (κ1) is 18.8. The molecule has 0 spiro atoms. The lowest BCUT2D eigenvalue weighted by atomic mass is 10.2. The van der Waals surface area contributed by atoms with Gasteiger partial charge in [0.05, 0.1) is 14.2 Å². The number of methoxy groups -OCH3 is 2. The van der Waals surface area contributed by atoms with Crippen molar-refractivity contribution in [1.29, 1.82) is 0 Å². The molecule has 0 bridgehead atoms. The van der Waals surface area contributed by atoms with Gasteiger partial charge in [0.2, 0.25) is 5.91 Å². The highest BCUT2D eigenvalue weighted by Crippen LogP contribution is 2.22. The van der Waals surface area contributed by atoms with Gasteiger partial charge in [-0.15, -0.1) is 0 Å². The van der Waals surface area contributed by atoms with Gasteiger partial charge >= 0.3 is 0 Å². The molecule has 2 amide bonds. The summed E-state index contributed by atoms with van der Waals surface area (Å²) in [5, 5.41) is 2.82. The summed E-state index contributed by atoms with van der Waals surface area (Å²) >= 11 is 0. The highest BCUT2D eigenvalue weighted by molar-refractivity contribution is 5.95. The van der Waals surface area contributed by atoms with Gasteiger partial charge in [-0.3, -0.25) is 9.59 Å². The standard InChI is InChI=1S/C17H26N2O4/c1-5-6-8-19(13(2)20)9-7-18-17(21)14-10-15(22-3)12-16(11-14)23-4/h10-12H,5-9H2,1-4H3,(H,18,21). The SMILES string of the molecule is CCCCN(CCNC(=O)c1cc(OC)cc(OC)c1)C(C)=O. The first-order valence-corrected chi connectivity index (χ1v) is 7.78. The van der Waals surface area contributed by atoms with Crippen LogP contribution in [0.1, 0.15) is 37.0 Å². The molecule has 0 aromatic heterocycles. The molecule has 0 heterocycles. The predicted octanol–water partition coefficient (Wildman–Crippen LogP) is 2.08. The van der Waals surface area contributed by atoms with Gasteiger partial charge in [0.1, 0.15) is 11.5 Å². The molecule has 0 aliphatic heterocycles. The summed E-state index contributed by atoms with van der Waals surface area (Å²) in [4.78, 5) is 25.5. The van der Waals surface area contributed by atoms with E-state index >= 15 is 0 Å². The number of rotatable bonds is 9. The molecule has 6 heteroatoms. The monoisotopic (exact) mass is 322 g/mol. The minimum Gasteiger partial charge on any atom is -0.497 e. The predicted molar refractivity (Wildman–Crippen MR) is 89.0 cm³/mol. The zero-order valence-corrected chi connectivity index (χ0v) is 14.3. The van der Waals surface area contributed by atoms with Gasteiger partial charge in [0.25, 0.3) is 5.91 Å². The van der Waals surface area contributed by atoms with Crippen LogP contribution in [-0.4, -0.2) is 50.6 Å². The second kappa shape index (κ2) is 9.71. The van der Waals surface area contributed by atoms with Crippen LogP contribution in [0.15, 0.2) is 18.2 Å². The highest BCUT2D eigenvalue weighted by Gasteiger charge is 2.11. The lowest BCUT2D eigenvalue weighted by molar-refractivity contribution is -0.128. The molecule has 0 aliphatic rings. The van der Waals surface area contributed by atoms with Crippen molar-refractivity contribution in [3.05, 3.63) is 23.8 Å². The fourth-order valence-corrected chi connectivity index (χ4v) is 2.12. The number of hydrogen-bond acceptors (Lipinski definition) is 4. The van der Waals surface area contributed by atoms with Crippen LogP contribution in [0.2, 0.25) is 0 Å². The summed E-state index contributed by atoms with van der Waals surface area (Å²) in [7, 11) is 3.07. The Labute approximate surface area is 137 Å². The summed E-state index contributed by atoms with van der Waals surface area (Å²) in [5.41, 5.74) is 0.462. The number of ether oxygens (including phenoxy) is 2. The zero-order chi connectivity index (χ0) is 17.2. The maximum atomic E-state index is 12.2. The average molecular weight is 322 g/mol. The van der Waals surface area contributed by atoms with E-state index in [1.165, 1.54) is 14.2 Å². The maximum absolute atomic E-state index is 12.2. The van der Waals surface area contributed by atoms with Crippen molar-refractivity contribution in [1.82, 2.24) is 10.2 Å². The molecule has 0 aliphatic carbocycles. The van der Waals surface area contributed by atoms with Gasteiger partial charge in [-0.25, -0.2) is 0 Å². The third kappa shape index (κ3) is 6.18. The Morgan fingerprint density at radius 3 is 2.17 bits per heavy atom. The molecule has 1 aromatic carbocycles. The van der Waals surface area contributed by atoms with Gasteiger partial charge in [-0.1, -0.05) is 13.3 Å². The molecule has 1 rings (SSSR count). The van der Waals surface area contributed by atoms with E-state index in [2.05, 4.69) is 12.2 Å². The maximum Gasteiger partial charge on any atom is 0.251 e. The molecule has 0 fully saturated rings. The van der Waals surface area contributed by atoms with Crippen LogP contribution >= 0.6 is 0 Å². The molecule has 1 aromatic rings. The molecule has 0 saturated carbocycles. The largest absolute Gasteiger partial charge is 0.497 e. The number of carbonyl (C=O) groups is 2. The molecule has 0 saturated heterocycles. The molecule has 0 unspecified atom stereocenters. The smallest absolute Gasteiger partial charge is 0.251 e. The van der Waals surface area contributed by atoms with E-state index in [4.69, 9.17) is 9.47 Å². The topological polar surface area (TPSA) is 67.9 Å². The molecular weight excluding hydrogens is 296 g/mol. The van der Waals surface area contributed by atoms with E-state index in [1.807, 2.05) is 0 Å². The molecule has 0 radical (unpaired) electrons. The fourth-order valence-electron chi connectivity index (χ4n) is 2.12. The number of unbranched alkanes of at least 4 members (excludes halogenated alkanes) is 1. The van der Waals surface area contributed by atoms with E-state index in [0.717, 1.165) is 12.8 Å². The van der Waals surface area contributed by atoms with Gasteiger partial charge in [-0.2, -0.15) is 0 Å². The van der Waals surface area contributed by atoms with Gasteiger partial charge in [-0.05, 0) is 18.6 Å². The van der Waals surface area contributed by atoms with E-state index < -0.39 is 0 Å². The third-order valence-corrected chi connectivity index (χ3v) is 3.51. The van der Waals surface area contributed by atoms with Gasteiger partial charge in [0, 0.05) is 38.2 Å². The summed E-state index contributed by atoms with van der Waals surface area (Å²) in [5.74, 6) is 0.919. The number of benzene rings is 1. The van der Waals surface area contributed by atoms with Crippen LogP contribution in [0.25, 0.3) is 0 Å². The van der Waals surface area contributed by atoms with Crippen LogP contribution in [0.3, 0.4) is 0 Å². The molecule has 0 atom stereocenters.